The monoisotopic (exact) mass is 760 g/mol. The Kier molecular flexibility index (Phi) is 12.1. The molecule has 2 heteroatoms. The van der Waals surface area contributed by atoms with Crippen LogP contribution in [0.4, 0.5) is 0 Å². The number of rotatable bonds is 2. The summed E-state index contributed by atoms with van der Waals surface area (Å²) in [5.74, 6) is 0. The molecule has 0 aliphatic rings. The van der Waals surface area contributed by atoms with E-state index in [1.807, 2.05) is 0 Å². The van der Waals surface area contributed by atoms with Crippen molar-refractivity contribution in [2.75, 3.05) is 0 Å². The van der Waals surface area contributed by atoms with Gasteiger partial charge in [-0.1, -0.05) is 140 Å². The van der Waals surface area contributed by atoms with Gasteiger partial charge in [-0.15, -0.1) is 69.1 Å². The van der Waals surface area contributed by atoms with Crippen molar-refractivity contribution in [2.45, 2.75) is 79.3 Å². The molecule has 6 aromatic carbocycles. The van der Waals surface area contributed by atoms with Crippen molar-refractivity contribution in [1.82, 2.24) is 0 Å². The first-order chi connectivity index (χ1) is 20.3. The number of aryl methyl sites for hydroxylation is 2. The number of fused-ring (bicyclic) bond motifs is 2. The average Bonchev–Trinajstić information content (AvgIpc) is 3.53. The van der Waals surface area contributed by atoms with Gasteiger partial charge >= 0.3 is 0 Å². The normalized spacial score (nSPS) is 11.3. The minimum Gasteiger partial charge on any atom is -0.165 e. The quantitative estimate of drug-likeness (QED) is 0.122. The van der Waals surface area contributed by atoms with Crippen molar-refractivity contribution in [3.05, 3.63) is 131 Å². The zero-order chi connectivity index (χ0) is 31.4. The second-order valence-corrected chi connectivity index (χ2v) is 14.8. The van der Waals surface area contributed by atoms with Crippen LogP contribution >= 0.6 is 0 Å². The van der Waals surface area contributed by atoms with Gasteiger partial charge in [-0.3, -0.25) is 0 Å². The van der Waals surface area contributed by atoms with Gasteiger partial charge in [0.05, 0.1) is 0 Å². The maximum absolute atomic E-state index is 2.28. The Morgan fingerprint density at radius 1 is 0.500 bits per heavy atom. The van der Waals surface area contributed by atoms with E-state index < -0.39 is 0 Å². The SMILES string of the molecule is C[Si]C.Cc1cc2c(-c3ccc(C(C)(C)C)cc3)cccc2[cH-]1.Cc1cc2c(-c3ccc(C(C)(C)C)cc3)cccc2[cH-]1.[Hf]. The minimum atomic E-state index is 0. The van der Waals surface area contributed by atoms with Crippen LogP contribution in [0, 0.1) is 13.8 Å². The Morgan fingerprint density at radius 3 is 1.11 bits per heavy atom. The van der Waals surface area contributed by atoms with E-state index >= 15 is 0 Å². The van der Waals surface area contributed by atoms with Crippen LogP contribution in [-0.4, -0.2) is 9.52 Å². The minimum absolute atomic E-state index is 0. The van der Waals surface area contributed by atoms with E-state index in [0.29, 0.717) is 0 Å². The van der Waals surface area contributed by atoms with Crippen LogP contribution in [0.2, 0.25) is 13.1 Å². The molecule has 0 aliphatic carbocycles. The van der Waals surface area contributed by atoms with Crippen molar-refractivity contribution < 1.29 is 25.8 Å². The van der Waals surface area contributed by atoms with Crippen LogP contribution in [0.3, 0.4) is 0 Å². The van der Waals surface area contributed by atoms with Gasteiger partial charge in [0.15, 0.2) is 0 Å². The molecule has 0 atom stereocenters. The second-order valence-electron chi connectivity index (χ2n) is 13.8. The van der Waals surface area contributed by atoms with E-state index in [4.69, 9.17) is 0 Å². The third kappa shape index (κ3) is 8.67. The summed E-state index contributed by atoms with van der Waals surface area (Å²) in [6.07, 6.45) is 0. The van der Waals surface area contributed by atoms with Gasteiger partial charge in [-0.25, -0.2) is 0 Å². The van der Waals surface area contributed by atoms with Crippen LogP contribution in [0.25, 0.3) is 43.8 Å². The third-order valence-electron chi connectivity index (χ3n) is 7.91. The van der Waals surface area contributed by atoms with E-state index in [2.05, 4.69) is 178 Å². The van der Waals surface area contributed by atoms with Gasteiger partial charge in [0.2, 0.25) is 0 Å². The first-order valence-electron chi connectivity index (χ1n) is 15.4. The maximum atomic E-state index is 2.28. The molecule has 0 amide bonds. The van der Waals surface area contributed by atoms with Crippen LogP contribution < -0.4 is 0 Å². The molecule has 0 unspecified atom stereocenters. The maximum Gasteiger partial charge on any atom is 0.0307 e. The number of benzene rings is 4. The Labute approximate surface area is 288 Å². The molecular weight excluding hydrogens is 711 g/mol. The zero-order valence-corrected chi connectivity index (χ0v) is 33.0. The Bertz CT molecular complexity index is 1630. The van der Waals surface area contributed by atoms with E-state index in [-0.39, 0.29) is 36.7 Å². The summed E-state index contributed by atoms with van der Waals surface area (Å²) in [5, 5.41) is 5.38. The summed E-state index contributed by atoms with van der Waals surface area (Å²) in [7, 11) is 1.08. The molecular formula is C42H48HfSi-2. The second kappa shape index (κ2) is 15.0. The molecule has 0 N–H and O–H groups in total. The van der Waals surface area contributed by atoms with Crippen molar-refractivity contribution in [2.24, 2.45) is 0 Å². The van der Waals surface area contributed by atoms with Crippen molar-refractivity contribution >= 4 is 31.1 Å². The smallest absolute Gasteiger partial charge is 0.0307 e. The fourth-order valence-corrected chi connectivity index (χ4v) is 5.57. The van der Waals surface area contributed by atoms with Crippen LogP contribution in [0.15, 0.2) is 109 Å². The fourth-order valence-electron chi connectivity index (χ4n) is 5.57. The van der Waals surface area contributed by atoms with E-state index in [1.54, 1.807) is 0 Å². The standard InChI is InChI=1S/2C20H21.C2H6Si.Hf/c2*1-14-12-16-6-5-7-18(19(16)13-14)15-8-10-17(11-9-15)20(2,3)4;1-3-2;/h2*5-13H,1-4H3;1-2H3;/q2*-1;;. The molecule has 0 aromatic heterocycles. The molecule has 6 aromatic rings. The van der Waals surface area contributed by atoms with Crippen LogP contribution in [-0.2, 0) is 36.7 Å². The molecule has 0 bridgehead atoms. The molecule has 6 rings (SSSR count). The van der Waals surface area contributed by atoms with Gasteiger partial charge in [0.1, 0.15) is 0 Å². The Morgan fingerprint density at radius 2 is 0.818 bits per heavy atom. The predicted molar refractivity (Wildman–Crippen MR) is 194 cm³/mol. The van der Waals surface area contributed by atoms with E-state index in [0.717, 1.165) is 9.52 Å². The Balaban J connectivity index is 0.000000216. The van der Waals surface area contributed by atoms with Gasteiger partial charge in [0.25, 0.3) is 0 Å². The first-order valence-corrected chi connectivity index (χ1v) is 17.4. The van der Waals surface area contributed by atoms with Crippen LogP contribution in [0.5, 0.6) is 0 Å². The molecule has 0 aliphatic heterocycles. The summed E-state index contributed by atoms with van der Waals surface area (Å²) in [6, 6.07) is 40.2. The number of hydrogen-bond acceptors (Lipinski definition) is 0. The largest absolute Gasteiger partial charge is 0.165 e. The van der Waals surface area contributed by atoms with E-state index in [1.165, 1.54) is 66.1 Å². The molecule has 0 heterocycles. The predicted octanol–water partition coefficient (Wildman–Crippen LogP) is 12.4. The molecule has 2 radical (unpaired) electrons. The molecule has 226 valence electrons. The zero-order valence-electron chi connectivity index (χ0n) is 28.4. The Hall–Kier alpha value is -2.81. The molecule has 0 nitrogen and oxygen atoms in total. The van der Waals surface area contributed by atoms with Gasteiger partial charge < -0.3 is 0 Å². The molecule has 0 saturated carbocycles. The van der Waals surface area contributed by atoms with Gasteiger partial charge in [0, 0.05) is 35.4 Å². The summed E-state index contributed by atoms with van der Waals surface area (Å²) >= 11 is 0. The fraction of sp³-hybridized carbons (Fsp3) is 0.286. The topological polar surface area (TPSA) is 0 Å². The molecule has 44 heavy (non-hydrogen) atoms. The molecule has 0 saturated heterocycles. The molecule has 0 spiro atoms. The summed E-state index contributed by atoms with van der Waals surface area (Å²) in [6.45, 7) is 22.1. The van der Waals surface area contributed by atoms with Crippen molar-refractivity contribution in [3.63, 3.8) is 0 Å². The summed E-state index contributed by atoms with van der Waals surface area (Å²) in [4.78, 5) is 0. The third-order valence-corrected chi connectivity index (χ3v) is 7.91. The number of hydrogen-bond donors (Lipinski definition) is 0. The summed E-state index contributed by atoms with van der Waals surface area (Å²) in [5.41, 5.74) is 11.1. The van der Waals surface area contributed by atoms with E-state index in [9.17, 15) is 0 Å². The molecule has 0 fully saturated rings. The summed E-state index contributed by atoms with van der Waals surface area (Å²) < 4.78 is 0. The van der Waals surface area contributed by atoms with Crippen molar-refractivity contribution in [3.8, 4) is 22.3 Å². The van der Waals surface area contributed by atoms with Gasteiger partial charge in [-0.2, -0.15) is 12.1 Å². The first kappa shape index (κ1) is 35.7. The van der Waals surface area contributed by atoms with Gasteiger partial charge in [-0.05, 0) is 33.1 Å². The van der Waals surface area contributed by atoms with Crippen LogP contribution in [0.1, 0.15) is 63.8 Å². The van der Waals surface area contributed by atoms with Crippen molar-refractivity contribution in [1.29, 1.82) is 0 Å². The average molecular weight is 759 g/mol.